The van der Waals surface area contributed by atoms with Crippen molar-refractivity contribution in [2.24, 2.45) is 5.92 Å². The number of likely N-dealkylation sites (tertiary alicyclic amines) is 1. The van der Waals surface area contributed by atoms with Crippen LogP contribution in [0.25, 0.3) is 0 Å². The number of fused-ring (bicyclic) bond motifs is 3. The molecule has 4 fully saturated rings. The second-order valence-electron chi connectivity index (χ2n) is 7.59. The number of benzene rings is 1. The lowest BCUT2D eigenvalue weighted by Crippen LogP contribution is -2.60. The van der Waals surface area contributed by atoms with Crippen molar-refractivity contribution in [3.8, 4) is 11.5 Å². The Morgan fingerprint density at radius 2 is 1.96 bits per heavy atom. The molecule has 0 aromatic heterocycles. The van der Waals surface area contributed by atoms with Crippen molar-refractivity contribution in [1.82, 2.24) is 9.80 Å². The number of hydrogen-bond acceptors (Lipinski definition) is 5. The average Bonchev–Trinajstić information content (AvgIpc) is 3.28. The zero-order chi connectivity index (χ0) is 17.0. The maximum absolute atomic E-state index is 12.6. The number of ether oxygens (including phenoxy) is 2. The van der Waals surface area contributed by atoms with E-state index in [9.17, 15) is 9.90 Å². The standard InChI is InChI=1S/C19H24N2O4/c22-8-5-17(23)21-10-14(13-1-2-15-16(9-13)25-11-24-15)19-18(21)12-3-6-20(19)7-4-12/h1-2,9,12,14,18-19,22H,3-8,10-11H2/t14-,18+,19+/m0/s1. The van der Waals surface area contributed by atoms with Gasteiger partial charge in [0.15, 0.2) is 11.5 Å². The van der Waals surface area contributed by atoms with Gasteiger partial charge in [0, 0.05) is 24.9 Å². The number of carbonyl (C=O) groups excluding carboxylic acids is 1. The summed E-state index contributed by atoms with van der Waals surface area (Å²) >= 11 is 0. The Hall–Kier alpha value is -1.79. The van der Waals surface area contributed by atoms with Crippen LogP contribution >= 0.6 is 0 Å². The molecule has 4 saturated heterocycles. The van der Waals surface area contributed by atoms with Crippen molar-refractivity contribution in [1.29, 1.82) is 0 Å². The van der Waals surface area contributed by atoms with Gasteiger partial charge in [-0.05, 0) is 49.5 Å². The van der Waals surface area contributed by atoms with E-state index in [2.05, 4.69) is 21.9 Å². The van der Waals surface area contributed by atoms with Gasteiger partial charge in [-0.2, -0.15) is 0 Å². The maximum atomic E-state index is 12.6. The summed E-state index contributed by atoms with van der Waals surface area (Å²) in [6.45, 7) is 3.21. The van der Waals surface area contributed by atoms with Crippen LogP contribution < -0.4 is 9.47 Å². The van der Waals surface area contributed by atoms with Gasteiger partial charge in [0.1, 0.15) is 0 Å². The van der Waals surface area contributed by atoms with E-state index in [1.807, 2.05) is 6.07 Å². The lowest BCUT2D eigenvalue weighted by Gasteiger charge is -2.51. The van der Waals surface area contributed by atoms with Crippen LogP contribution in [0.15, 0.2) is 18.2 Å². The smallest absolute Gasteiger partial charge is 0.231 e. The average molecular weight is 344 g/mol. The predicted octanol–water partition coefficient (Wildman–Crippen LogP) is 1.19. The van der Waals surface area contributed by atoms with Gasteiger partial charge in [0.25, 0.3) is 0 Å². The first-order valence-corrected chi connectivity index (χ1v) is 9.30. The molecule has 5 heterocycles. The van der Waals surface area contributed by atoms with Gasteiger partial charge in [-0.25, -0.2) is 0 Å². The largest absolute Gasteiger partial charge is 0.454 e. The Bertz CT molecular complexity index is 686. The van der Waals surface area contributed by atoms with Crippen LogP contribution in [-0.4, -0.2) is 65.9 Å². The molecule has 6 rings (SSSR count). The minimum absolute atomic E-state index is 0.0736. The first kappa shape index (κ1) is 15.5. The molecule has 0 unspecified atom stereocenters. The van der Waals surface area contributed by atoms with E-state index in [1.54, 1.807) is 0 Å². The van der Waals surface area contributed by atoms with E-state index >= 15 is 0 Å². The van der Waals surface area contributed by atoms with Gasteiger partial charge in [0.05, 0.1) is 12.6 Å². The molecule has 1 amide bonds. The van der Waals surface area contributed by atoms with Crippen LogP contribution in [0.3, 0.4) is 0 Å². The van der Waals surface area contributed by atoms with Crippen molar-refractivity contribution in [3.63, 3.8) is 0 Å². The van der Waals surface area contributed by atoms with Gasteiger partial charge in [-0.3, -0.25) is 9.69 Å². The number of amides is 1. The molecule has 0 saturated carbocycles. The Balaban J connectivity index is 1.50. The molecule has 5 aliphatic heterocycles. The fourth-order valence-electron chi connectivity index (χ4n) is 5.38. The number of nitrogens with zero attached hydrogens (tertiary/aromatic N) is 2. The van der Waals surface area contributed by atoms with E-state index in [4.69, 9.17) is 9.47 Å². The van der Waals surface area contributed by atoms with Gasteiger partial charge in [0.2, 0.25) is 12.7 Å². The number of piperidine rings is 3. The van der Waals surface area contributed by atoms with Crippen molar-refractivity contribution < 1.29 is 19.4 Å². The van der Waals surface area contributed by atoms with Crippen molar-refractivity contribution >= 4 is 5.91 Å². The highest BCUT2D eigenvalue weighted by Crippen LogP contribution is 2.48. The molecular weight excluding hydrogens is 320 g/mol. The molecule has 1 aromatic rings. The third-order valence-electron chi connectivity index (χ3n) is 6.47. The topological polar surface area (TPSA) is 62.2 Å². The number of aliphatic hydroxyl groups is 1. The molecule has 134 valence electrons. The molecule has 0 spiro atoms. The fourth-order valence-corrected chi connectivity index (χ4v) is 5.38. The molecule has 0 aliphatic carbocycles. The maximum Gasteiger partial charge on any atom is 0.231 e. The third kappa shape index (κ3) is 2.34. The summed E-state index contributed by atoms with van der Waals surface area (Å²) in [4.78, 5) is 17.3. The van der Waals surface area contributed by atoms with Crippen molar-refractivity contribution in [2.75, 3.05) is 33.0 Å². The normalized spacial score (nSPS) is 35.1. The van der Waals surface area contributed by atoms with Crippen LogP contribution in [0.2, 0.25) is 0 Å². The molecule has 6 nitrogen and oxygen atoms in total. The molecule has 6 heteroatoms. The lowest BCUT2D eigenvalue weighted by atomic mass is 9.75. The van der Waals surface area contributed by atoms with Crippen LogP contribution in [0.5, 0.6) is 11.5 Å². The highest BCUT2D eigenvalue weighted by molar-refractivity contribution is 5.77. The zero-order valence-corrected chi connectivity index (χ0v) is 14.3. The number of hydrogen-bond donors (Lipinski definition) is 1. The van der Waals surface area contributed by atoms with Crippen molar-refractivity contribution in [3.05, 3.63) is 23.8 Å². The summed E-state index contributed by atoms with van der Waals surface area (Å²) in [6, 6.07) is 6.88. The molecule has 25 heavy (non-hydrogen) atoms. The van der Waals surface area contributed by atoms with E-state index in [1.165, 1.54) is 18.4 Å². The van der Waals surface area contributed by atoms with Crippen LogP contribution in [0, 0.1) is 5.92 Å². The minimum atomic E-state index is -0.0736. The first-order chi connectivity index (χ1) is 12.3. The summed E-state index contributed by atoms with van der Waals surface area (Å²) in [7, 11) is 0. The highest BCUT2D eigenvalue weighted by Gasteiger charge is 2.54. The summed E-state index contributed by atoms with van der Waals surface area (Å²) in [5, 5.41) is 9.23. The van der Waals surface area contributed by atoms with Crippen LogP contribution in [-0.2, 0) is 4.79 Å². The molecule has 3 atom stereocenters. The van der Waals surface area contributed by atoms with Crippen LogP contribution in [0.4, 0.5) is 0 Å². The molecular formula is C19H24N2O4. The third-order valence-corrected chi connectivity index (χ3v) is 6.47. The number of rotatable bonds is 3. The van der Waals surface area contributed by atoms with E-state index < -0.39 is 0 Å². The van der Waals surface area contributed by atoms with Gasteiger partial charge < -0.3 is 19.5 Å². The minimum Gasteiger partial charge on any atom is -0.454 e. The zero-order valence-electron chi connectivity index (χ0n) is 14.3. The van der Waals surface area contributed by atoms with E-state index in [-0.39, 0.29) is 31.8 Å². The summed E-state index contributed by atoms with van der Waals surface area (Å²) in [5.41, 5.74) is 1.23. The Labute approximate surface area is 147 Å². The van der Waals surface area contributed by atoms with Gasteiger partial charge >= 0.3 is 0 Å². The van der Waals surface area contributed by atoms with Crippen molar-refractivity contribution in [2.45, 2.75) is 37.3 Å². The summed E-state index contributed by atoms with van der Waals surface area (Å²) < 4.78 is 11.0. The molecule has 5 aliphatic rings. The quantitative estimate of drug-likeness (QED) is 0.892. The Morgan fingerprint density at radius 1 is 1.16 bits per heavy atom. The second-order valence-corrected chi connectivity index (χ2v) is 7.59. The van der Waals surface area contributed by atoms with E-state index in [0.29, 0.717) is 17.9 Å². The van der Waals surface area contributed by atoms with Gasteiger partial charge in [-0.15, -0.1) is 0 Å². The van der Waals surface area contributed by atoms with Gasteiger partial charge in [-0.1, -0.05) is 6.07 Å². The number of carbonyl (C=O) groups is 1. The Kier molecular flexibility index (Phi) is 3.64. The highest BCUT2D eigenvalue weighted by atomic mass is 16.7. The first-order valence-electron chi connectivity index (χ1n) is 9.30. The fraction of sp³-hybridized carbons (Fsp3) is 0.632. The SMILES string of the molecule is O=C(CCO)N1C[C@@H](c2ccc3c(c2)OCO3)[C@@H]2[C@H]1C1CCN2CC1. The second kappa shape index (κ2) is 5.88. The van der Waals surface area contributed by atoms with E-state index in [0.717, 1.165) is 31.1 Å². The summed E-state index contributed by atoms with van der Waals surface area (Å²) in [6.07, 6.45) is 2.58. The molecule has 1 aromatic carbocycles. The Morgan fingerprint density at radius 3 is 2.76 bits per heavy atom. The lowest BCUT2D eigenvalue weighted by molar-refractivity contribution is -0.136. The number of aliphatic hydroxyl groups excluding tert-OH is 1. The molecule has 0 radical (unpaired) electrons. The van der Waals surface area contributed by atoms with Crippen LogP contribution in [0.1, 0.15) is 30.7 Å². The monoisotopic (exact) mass is 344 g/mol. The summed E-state index contributed by atoms with van der Waals surface area (Å²) in [5.74, 6) is 2.60. The molecule has 1 N–H and O–H groups in total. The predicted molar refractivity (Wildman–Crippen MR) is 90.6 cm³/mol. The molecule has 2 bridgehead atoms.